The van der Waals surface area contributed by atoms with E-state index >= 15 is 0 Å². The summed E-state index contributed by atoms with van der Waals surface area (Å²) in [6.07, 6.45) is 2.07. The van der Waals surface area contributed by atoms with Crippen molar-refractivity contribution in [3.8, 4) is 0 Å². The molecular weight excluding hydrogens is 411 g/mol. The van der Waals surface area contributed by atoms with E-state index in [1.807, 2.05) is 4.90 Å². The van der Waals surface area contributed by atoms with E-state index in [2.05, 4.69) is 10.0 Å². The fourth-order valence-electron chi connectivity index (χ4n) is 3.39. The maximum absolute atomic E-state index is 14.0. The number of benzene rings is 1. The number of nitrogens with zero attached hydrogens (tertiary/aromatic N) is 2. The second-order valence-electron chi connectivity index (χ2n) is 8.22. The number of hydrogen-bond acceptors (Lipinski definition) is 5. The molecule has 0 unspecified atom stereocenters. The Hall–Kier alpha value is -2.04. The minimum Gasteiger partial charge on any atom is -0.352 e. The first-order valence-electron chi connectivity index (χ1n) is 10.2. The van der Waals surface area contributed by atoms with Crippen LogP contribution >= 0.6 is 0 Å². The number of amides is 2. The molecule has 3 rings (SSSR count). The Kier molecular flexibility index (Phi) is 7.10. The zero-order valence-electron chi connectivity index (χ0n) is 17.3. The van der Waals surface area contributed by atoms with Gasteiger partial charge in [-0.05, 0) is 30.9 Å². The molecule has 1 saturated carbocycles. The van der Waals surface area contributed by atoms with E-state index in [1.165, 1.54) is 18.2 Å². The molecule has 1 heterocycles. The van der Waals surface area contributed by atoms with Gasteiger partial charge in [-0.1, -0.05) is 26.0 Å². The Labute approximate surface area is 176 Å². The largest absolute Gasteiger partial charge is 0.352 e. The van der Waals surface area contributed by atoms with Crippen molar-refractivity contribution in [3.63, 3.8) is 0 Å². The molecule has 0 aromatic heterocycles. The molecular formula is C20H29FN4O4S. The molecule has 1 aromatic rings. The number of piperazine rings is 1. The molecule has 1 saturated heterocycles. The van der Waals surface area contributed by atoms with Gasteiger partial charge in [0.2, 0.25) is 21.8 Å². The second kappa shape index (κ2) is 9.40. The van der Waals surface area contributed by atoms with E-state index in [0.29, 0.717) is 38.8 Å². The molecule has 1 aliphatic heterocycles. The van der Waals surface area contributed by atoms with E-state index < -0.39 is 26.8 Å². The quantitative estimate of drug-likeness (QED) is 0.615. The van der Waals surface area contributed by atoms with Gasteiger partial charge in [-0.15, -0.1) is 0 Å². The second-order valence-corrected chi connectivity index (χ2v) is 9.90. The Morgan fingerprint density at radius 3 is 2.33 bits per heavy atom. The first-order chi connectivity index (χ1) is 14.2. The molecule has 166 valence electrons. The minimum absolute atomic E-state index is 0.00465. The summed E-state index contributed by atoms with van der Waals surface area (Å²) in [4.78, 5) is 28.1. The average Bonchev–Trinajstić information content (AvgIpc) is 3.50. The van der Waals surface area contributed by atoms with Gasteiger partial charge in [0.15, 0.2) is 0 Å². The van der Waals surface area contributed by atoms with Crippen molar-refractivity contribution in [2.45, 2.75) is 43.7 Å². The van der Waals surface area contributed by atoms with Crippen molar-refractivity contribution in [2.24, 2.45) is 5.92 Å². The zero-order valence-corrected chi connectivity index (χ0v) is 18.1. The van der Waals surface area contributed by atoms with E-state index in [9.17, 15) is 22.4 Å². The van der Waals surface area contributed by atoms with Crippen molar-refractivity contribution >= 4 is 21.8 Å². The highest BCUT2D eigenvalue weighted by Gasteiger charge is 2.34. The first kappa shape index (κ1) is 22.6. The van der Waals surface area contributed by atoms with Gasteiger partial charge in [-0.2, -0.15) is 4.72 Å². The van der Waals surface area contributed by atoms with Crippen molar-refractivity contribution in [3.05, 3.63) is 30.1 Å². The lowest BCUT2D eigenvalue weighted by Gasteiger charge is -2.37. The molecule has 2 fully saturated rings. The molecule has 1 aromatic carbocycles. The summed E-state index contributed by atoms with van der Waals surface area (Å²) in [5, 5.41) is 2.95. The highest BCUT2D eigenvalue weighted by molar-refractivity contribution is 7.89. The lowest BCUT2D eigenvalue weighted by atomic mass is 10.0. The fourth-order valence-corrected chi connectivity index (χ4v) is 4.81. The number of rotatable bonds is 8. The van der Waals surface area contributed by atoms with Crippen molar-refractivity contribution in [2.75, 3.05) is 32.7 Å². The standard InChI is InChI=1S/C20H29FN4O4S/c1-14(2)19(23-30(28,29)17-6-4-3-5-16(17)21)20(27)25-11-9-24(10-12-25)13-18(26)22-15-7-8-15/h3-6,14-15,19,23H,7-13H2,1-2H3,(H,22,26)/t19-/m0/s1. The van der Waals surface area contributed by atoms with Crippen LogP contribution in [-0.2, 0) is 19.6 Å². The maximum atomic E-state index is 14.0. The van der Waals surface area contributed by atoms with E-state index in [4.69, 9.17) is 0 Å². The number of nitrogens with one attached hydrogen (secondary N) is 2. The van der Waals surface area contributed by atoms with Gasteiger partial charge in [0, 0.05) is 32.2 Å². The predicted octanol–water partition coefficient (Wildman–Crippen LogP) is 0.551. The number of halogens is 1. The molecule has 2 amide bonds. The predicted molar refractivity (Wildman–Crippen MR) is 110 cm³/mol. The summed E-state index contributed by atoms with van der Waals surface area (Å²) in [7, 11) is -4.19. The number of hydrogen-bond donors (Lipinski definition) is 2. The van der Waals surface area contributed by atoms with Crippen molar-refractivity contribution in [1.29, 1.82) is 0 Å². The molecule has 1 aliphatic carbocycles. The zero-order chi connectivity index (χ0) is 21.9. The molecule has 2 N–H and O–H groups in total. The summed E-state index contributed by atoms with van der Waals surface area (Å²) in [5.74, 6) is -1.53. The Balaban J connectivity index is 1.59. The molecule has 30 heavy (non-hydrogen) atoms. The molecule has 8 nitrogen and oxygen atoms in total. The van der Waals surface area contributed by atoms with Crippen LogP contribution in [0, 0.1) is 11.7 Å². The topological polar surface area (TPSA) is 98.8 Å². The maximum Gasteiger partial charge on any atom is 0.244 e. The van der Waals surface area contributed by atoms with Crippen LogP contribution in [0.1, 0.15) is 26.7 Å². The molecule has 1 atom stereocenters. The molecule has 0 bridgehead atoms. The molecule has 0 radical (unpaired) electrons. The van der Waals surface area contributed by atoms with Gasteiger partial charge >= 0.3 is 0 Å². The Morgan fingerprint density at radius 2 is 1.77 bits per heavy atom. The highest BCUT2D eigenvalue weighted by atomic mass is 32.2. The Morgan fingerprint density at radius 1 is 1.13 bits per heavy atom. The van der Waals surface area contributed by atoms with E-state index in [0.717, 1.165) is 18.9 Å². The monoisotopic (exact) mass is 440 g/mol. The van der Waals surface area contributed by atoms with Gasteiger partial charge in [-0.3, -0.25) is 14.5 Å². The minimum atomic E-state index is -4.19. The van der Waals surface area contributed by atoms with Crippen LogP contribution in [0.5, 0.6) is 0 Å². The van der Waals surface area contributed by atoms with Gasteiger partial charge in [0.05, 0.1) is 6.54 Å². The van der Waals surface area contributed by atoms with Gasteiger partial charge < -0.3 is 10.2 Å². The third-order valence-electron chi connectivity index (χ3n) is 5.33. The first-order valence-corrected chi connectivity index (χ1v) is 11.7. The van der Waals surface area contributed by atoms with Crippen molar-refractivity contribution < 1.29 is 22.4 Å². The van der Waals surface area contributed by atoms with Crippen LogP contribution in [-0.4, -0.2) is 74.8 Å². The van der Waals surface area contributed by atoms with Crippen LogP contribution < -0.4 is 10.0 Å². The number of carbonyl (C=O) groups excluding carboxylic acids is 2. The third kappa shape index (κ3) is 5.77. The molecule has 0 spiro atoms. The normalized spacial score (nSPS) is 19.0. The van der Waals surface area contributed by atoms with Gasteiger partial charge in [0.1, 0.15) is 16.8 Å². The van der Waals surface area contributed by atoms with Crippen molar-refractivity contribution in [1.82, 2.24) is 19.8 Å². The van der Waals surface area contributed by atoms with Crippen LogP contribution in [0.2, 0.25) is 0 Å². The lowest BCUT2D eigenvalue weighted by molar-refractivity contribution is -0.136. The van der Waals surface area contributed by atoms with Crippen LogP contribution in [0.25, 0.3) is 0 Å². The van der Waals surface area contributed by atoms with E-state index in [1.54, 1.807) is 18.7 Å². The summed E-state index contributed by atoms with van der Waals surface area (Å²) in [5.41, 5.74) is 0. The third-order valence-corrected chi connectivity index (χ3v) is 6.81. The molecule has 2 aliphatic rings. The summed E-state index contributed by atoms with van der Waals surface area (Å²) >= 11 is 0. The summed E-state index contributed by atoms with van der Waals surface area (Å²) in [6.45, 7) is 5.66. The Bertz CT molecular complexity index is 881. The number of sulfonamides is 1. The van der Waals surface area contributed by atoms with Gasteiger partial charge in [0.25, 0.3) is 0 Å². The van der Waals surface area contributed by atoms with E-state index in [-0.39, 0.29) is 17.7 Å². The highest BCUT2D eigenvalue weighted by Crippen LogP contribution is 2.19. The summed E-state index contributed by atoms with van der Waals surface area (Å²) < 4.78 is 41.6. The average molecular weight is 441 g/mol. The van der Waals surface area contributed by atoms with Gasteiger partial charge in [-0.25, -0.2) is 12.8 Å². The summed E-state index contributed by atoms with van der Waals surface area (Å²) in [6, 6.07) is 4.39. The SMILES string of the molecule is CC(C)[C@H](NS(=O)(=O)c1ccccc1F)C(=O)N1CCN(CC(=O)NC2CC2)CC1. The molecule has 10 heteroatoms. The van der Waals surface area contributed by atoms with Crippen LogP contribution in [0.15, 0.2) is 29.2 Å². The van der Waals surface area contributed by atoms with Crippen LogP contribution in [0.3, 0.4) is 0 Å². The lowest BCUT2D eigenvalue weighted by Crippen LogP contribution is -2.57. The smallest absolute Gasteiger partial charge is 0.244 e. The van der Waals surface area contributed by atoms with Crippen LogP contribution in [0.4, 0.5) is 4.39 Å². The number of carbonyl (C=O) groups is 2. The fraction of sp³-hybridized carbons (Fsp3) is 0.600.